The van der Waals surface area contributed by atoms with Crippen LogP contribution in [-0.4, -0.2) is 28.2 Å². The minimum absolute atomic E-state index is 0.288. The van der Waals surface area contributed by atoms with E-state index in [1.54, 1.807) is 14.0 Å². The van der Waals surface area contributed by atoms with Crippen LogP contribution in [0.5, 0.6) is 0 Å². The molecule has 0 aliphatic heterocycles. The molecule has 1 heterocycles. The number of anilines is 1. The number of carbonyl (C=O) groups excluding carboxylic acids is 1. The van der Waals surface area contributed by atoms with E-state index in [0.29, 0.717) is 18.3 Å². The molecular formula is C9H15N5O2. The number of aromatic nitrogens is 2. The van der Waals surface area contributed by atoms with Crippen LogP contribution in [0.1, 0.15) is 24.2 Å². The monoisotopic (exact) mass is 225 g/mol. The zero-order chi connectivity index (χ0) is 12.1. The molecule has 0 aliphatic rings. The summed E-state index contributed by atoms with van der Waals surface area (Å²) >= 11 is 0. The molecule has 7 heteroatoms. The van der Waals surface area contributed by atoms with Crippen LogP contribution in [0.4, 0.5) is 5.82 Å². The van der Waals surface area contributed by atoms with Crippen LogP contribution in [0.15, 0.2) is 11.3 Å². The van der Waals surface area contributed by atoms with Crippen LogP contribution in [0.25, 0.3) is 0 Å². The predicted octanol–water partition coefficient (Wildman–Crippen LogP) is 0.102. The van der Waals surface area contributed by atoms with Gasteiger partial charge in [-0.1, -0.05) is 0 Å². The molecule has 3 N–H and O–H groups in total. The average molecular weight is 225 g/mol. The molecule has 1 aromatic rings. The summed E-state index contributed by atoms with van der Waals surface area (Å²) in [6, 6.07) is 0. The van der Waals surface area contributed by atoms with Gasteiger partial charge in [0.05, 0.1) is 12.8 Å². The molecule has 7 nitrogen and oxygen atoms in total. The maximum atomic E-state index is 11.6. The summed E-state index contributed by atoms with van der Waals surface area (Å²) in [6.45, 7) is 3.98. The number of hydrogen-bond donors (Lipinski definition) is 2. The molecule has 0 saturated heterocycles. The molecule has 0 atom stereocenters. The second-order valence-corrected chi connectivity index (χ2v) is 3.07. The van der Waals surface area contributed by atoms with Gasteiger partial charge in [0.25, 0.3) is 5.91 Å². The Labute approximate surface area is 93.3 Å². The van der Waals surface area contributed by atoms with Crippen LogP contribution in [0.2, 0.25) is 0 Å². The number of nitrogens with one attached hydrogen (secondary N) is 1. The Balaban J connectivity index is 2.66. The van der Waals surface area contributed by atoms with Gasteiger partial charge in [0.15, 0.2) is 0 Å². The summed E-state index contributed by atoms with van der Waals surface area (Å²) < 4.78 is 6.46. The summed E-state index contributed by atoms with van der Waals surface area (Å²) in [5.41, 5.74) is 8.24. The quantitative estimate of drug-likeness (QED) is 0.433. The number of hydrazone groups is 1. The number of nitrogens with two attached hydrogens (primary N) is 1. The van der Waals surface area contributed by atoms with Crippen molar-refractivity contribution in [1.29, 1.82) is 0 Å². The van der Waals surface area contributed by atoms with Crippen LogP contribution < -0.4 is 11.2 Å². The summed E-state index contributed by atoms with van der Waals surface area (Å²) in [5.74, 6) is 0.268. The molecule has 1 rings (SSSR count). The lowest BCUT2D eigenvalue weighted by molar-refractivity contribution is 0.0954. The van der Waals surface area contributed by atoms with Crippen LogP contribution in [0.3, 0.4) is 0 Å². The smallest absolute Gasteiger partial charge is 0.276 e. The summed E-state index contributed by atoms with van der Waals surface area (Å²) in [6.07, 6.45) is 1.39. The Kier molecular flexibility index (Phi) is 3.87. The summed E-state index contributed by atoms with van der Waals surface area (Å²) in [7, 11) is 1.65. The van der Waals surface area contributed by atoms with Gasteiger partial charge in [-0.05, 0) is 6.92 Å². The Bertz CT molecular complexity index is 410. The van der Waals surface area contributed by atoms with Crippen molar-refractivity contribution in [3.8, 4) is 0 Å². The van der Waals surface area contributed by atoms with Gasteiger partial charge in [-0.15, -0.1) is 5.10 Å². The number of nitrogen functional groups attached to an aromatic ring is 1. The molecule has 88 valence electrons. The first-order valence-electron chi connectivity index (χ1n) is 4.81. The third-order valence-corrected chi connectivity index (χ3v) is 1.90. The molecule has 16 heavy (non-hydrogen) atoms. The van der Waals surface area contributed by atoms with Crippen molar-refractivity contribution in [2.45, 2.75) is 13.8 Å². The second kappa shape index (κ2) is 5.15. The fourth-order valence-electron chi connectivity index (χ4n) is 1.05. The first-order chi connectivity index (χ1) is 7.56. The number of hydrogen-bond acceptors (Lipinski definition) is 5. The van der Waals surface area contributed by atoms with Gasteiger partial charge in [-0.2, -0.15) is 5.10 Å². The molecule has 0 radical (unpaired) electrons. The molecule has 1 amide bonds. The van der Waals surface area contributed by atoms with E-state index in [4.69, 9.17) is 10.5 Å². The minimum atomic E-state index is -0.412. The van der Waals surface area contributed by atoms with Gasteiger partial charge >= 0.3 is 0 Å². The van der Waals surface area contributed by atoms with Gasteiger partial charge in [-0.3, -0.25) is 9.48 Å². The zero-order valence-corrected chi connectivity index (χ0v) is 9.52. The van der Waals surface area contributed by atoms with Gasteiger partial charge in [0.1, 0.15) is 11.4 Å². The highest BCUT2D eigenvalue weighted by Gasteiger charge is 2.12. The Morgan fingerprint density at radius 2 is 2.44 bits per heavy atom. The Morgan fingerprint density at radius 1 is 1.75 bits per heavy atom. The third kappa shape index (κ3) is 2.72. The third-order valence-electron chi connectivity index (χ3n) is 1.90. The maximum absolute atomic E-state index is 11.6. The van der Waals surface area contributed by atoms with Crippen LogP contribution >= 0.6 is 0 Å². The number of ether oxygens (including phenoxy) is 1. The highest BCUT2D eigenvalue weighted by molar-refractivity contribution is 5.98. The van der Waals surface area contributed by atoms with Crippen molar-refractivity contribution in [2.75, 3.05) is 12.3 Å². The lowest BCUT2D eigenvalue weighted by atomic mass is 10.3. The lowest BCUT2D eigenvalue weighted by Gasteiger charge is -2.02. The van der Waals surface area contributed by atoms with E-state index in [0.717, 1.165) is 0 Å². The lowest BCUT2D eigenvalue weighted by Crippen LogP contribution is -2.20. The second-order valence-electron chi connectivity index (χ2n) is 3.07. The van der Waals surface area contributed by atoms with Gasteiger partial charge in [0.2, 0.25) is 5.90 Å². The average Bonchev–Trinajstić information content (AvgIpc) is 2.57. The Hall–Kier alpha value is -2.05. The van der Waals surface area contributed by atoms with E-state index in [-0.39, 0.29) is 5.56 Å². The van der Waals surface area contributed by atoms with E-state index in [1.807, 2.05) is 6.92 Å². The first kappa shape index (κ1) is 12.0. The molecule has 0 unspecified atom stereocenters. The number of aryl methyl sites for hydroxylation is 1. The standard InChI is InChI=1S/C9H15N5O2/c1-4-16-6(2)12-13-9(15)7-5-11-14(3)8(7)10/h5H,4,10H2,1-3H3,(H,13,15)/b12-6-. The molecule has 0 saturated carbocycles. The molecule has 0 aromatic carbocycles. The van der Waals surface area contributed by atoms with Gasteiger partial charge in [-0.25, -0.2) is 5.43 Å². The van der Waals surface area contributed by atoms with Crippen molar-refractivity contribution in [3.63, 3.8) is 0 Å². The van der Waals surface area contributed by atoms with Crippen LogP contribution in [-0.2, 0) is 11.8 Å². The largest absolute Gasteiger partial charge is 0.480 e. The molecule has 0 bridgehead atoms. The summed E-state index contributed by atoms with van der Waals surface area (Å²) in [5, 5.41) is 7.59. The Morgan fingerprint density at radius 3 is 2.94 bits per heavy atom. The van der Waals surface area contributed by atoms with E-state index in [9.17, 15) is 4.79 Å². The fourth-order valence-corrected chi connectivity index (χ4v) is 1.05. The molecule has 1 aromatic heterocycles. The molecule has 0 aliphatic carbocycles. The number of rotatable bonds is 3. The molecule has 0 spiro atoms. The summed E-state index contributed by atoms with van der Waals surface area (Å²) in [4.78, 5) is 11.6. The predicted molar refractivity (Wildman–Crippen MR) is 59.8 cm³/mol. The normalized spacial score (nSPS) is 11.3. The SMILES string of the molecule is CCO/C(C)=N\NC(=O)c1cnn(C)c1N. The fraction of sp³-hybridized carbons (Fsp3) is 0.444. The van der Waals surface area contributed by atoms with Crippen molar-refractivity contribution < 1.29 is 9.53 Å². The van der Waals surface area contributed by atoms with Crippen molar-refractivity contribution >= 4 is 17.6 Å². The zero-order valence-electron chi connectivity index (χ0n) is 9.52. The highest BCUT2D eigenvalue weighted by Crippen LogP contribution is 2.08. The van der Waals surface area contributed by atoms with Gasteiger partial charge < -0.3 is 10.5 Å². The van der Waals surface area contributed by atoms with E-state index < -0.39 is 5.91 Å². The first-order valence-corrected chi connectivity index (χ1v) is 4.81. The van der Waals surface area contributed by atoms with Gasteiger partial charge in [0, 0.05) is 14.0 Å². The highest BCUT2D eigenvalue weighted by atomic mass is 16.5. The topological polar surface area (TPSA) is 94.5 Å². The van der Waals surface area contributed by atoms with E-state index in [1.165, 1.54) is 10.9 Å². The van der Waals surface area contributed by atoms with E-state index >= 15 is 0 Å². The molecular weight excluding hydrogens is 210 g/mol. The maximum Gasteiger partial charge on any atom is 0.276 e. The van der Waals surface area contributed by atoms with Crippen molar-refractivity contribution in [1.82, 2.24) is 15.2 Å². The van der Waals surface area contributed by atoms with Crippen LogP contribution in [0, 0.1) is 0 Å². The number of amides is 1. The van der Waals surface area contributed by atoms with Crippen molar-refractivity contribution in [3.05, 3.63) is 11.8 Å². The number of nitrogens with zero attached hydrogens (tertiary/aromatic N) is 3. The minimum Gasteiger partial charge on any atom is -0.480 e. The number of carbonyl (C=O) groups is 1. The van der Waals surface area contributed by atoms with E-state index in [2.05, 4.69) is 15.6 Å². The molecule has 0 fully saturated rings. The van der Waals surface area contributed by atoms with Crippen molar-refractivity contribution in [2.24, 2.45) is 12.1 Å².